The molecule has 1 amide bonds. The van der Waals surface area contributed by atoms with E-state index in [1.54, 1.807) is 13.0 Å². The van der Waals surface area contributed by atoms with E-state index in [4.69, 9.17) is 0 Å². The van der Waals surface area contributed by atoms with E-state index in [9.17, 15) is 4.79 Å². The van der Waals surface area contributed by atoms with Crippen molar-refractivity contribution in [2.75, 3.05) is 0 Å². The number of tetrazole rings is 1. The molecule has 0 saturated heterocycles. The van der Waals surface area contributed by atoms with Crippen LogP contribution in [0.1, 0.15) is 29.1 Å². The van der Waals surface area contributed by atoms with Crippen molar-refractivity contribution in [2.24, 2.45) is 0 Å². The van der Waals surface area contributed by atoms with E-state index in [0.717, 1.165) is 10.9 Å². The van der Waals surface area contributed by atoms with Crippen molar-refractivity contribution in [3.63, 3.8) is 0 Å². The first-order chi connectivity index (χ1) is 9.24. The Labute approximate surface area is 108 Å². The number of aromatic nitrogens is 5. The van der Waals surface area contributed by atoms with Gasteiger partial charge in [-0.15, -0.1) is 10.2 Å². The highest BCUT2D eigenvalue weighted by molar-refractivity contribution is 5.98. The molecule has 19 heavy (non-hydrogen) atoms. The van der Waals surface area contributed by atoms with Gasteiger partial charge in [0.15, 0.2) is 5.82 Å². The summed E-state index contributed by atoms with van der Waals surface area (Å²) in [6.45, 7) is 1.80. The quantitative estimate of drug-likeness (QED) is 0.655. The zero-order valence-electron chi connectivity index (χ0n) is 10.2. The van der Waals surface area contributed by atoms with Crippen LogP contribution in [-0.2, 0) is 0 Å². The number of hydrogen-bond acceptors (Lipinski definition) is 4. The fourth-order valence-corrected chi connectivity index (χ4v) is 1.89. The first-order valence-corrected chi connectivity index (χ1v) is 5.85. The van der Waals surface area contributed by atoms with Crippen molar-refractivity contribution >= 4 is 16.8 Å². The van der Waals surface area contributed by atoms with E-state index in [1.165, 1.54) is 0 Å². The van der Waals surface area contributed by atoms with E-state index in [1.807, 2.05) is 24.4 Å². The monoisotopic (exact) mass is 256 g/mol. The molecule has 1 unspecified atom stereocenters. The number of H-pyrrole nitrogens is 2. The third-order valence-corrected chi connectivity index (χ3v) is 2.91. The standard InChI is InChI=1S/C12H12N6O/c1-7(11-15-17-18-16-11)14-12(19)9-2-3-10-8(6-9)4-5-13-10/h2-7,13H,1H3,(H,14,19)(H,15,16,17,18). The van der Waals surface area contributed by atoms with E-state index in [0.29, 0.717) is 11.4 Å². The minimum atomic E-state index is -0.298. The SMILES string of the molecule is CC(NC(=O)c1ccc2[nH]ccc2c1)c1nn[nH]n1. The van der Waals surface area contributed by atoms with Gasteiger partial charge in [0, 0.05) is 22.7 Å². The second-order valence-electron chi connectivity index (χ2n) is 4.24. The summed E-state index contributed by atoms with van der Waals surface area (Å²) < 4.78 is 0. The van der Waals surface area contributed by atoms with Crippen molar-refractivity contribution in [2.45, 2.75) is 13.0 Å². The lowest BCUT2D eigenvalue weighted by Crippen LogP contribution is -2.27. The molecule has 2 aromatic heterocycles. The fourth-order valence-electron chi connectivity index (χ4n) is 1.89. The lowest BCUT2D eigenvalue weighted by molar-refractivity contribution is 0.0938. The highest BCUT2D eigenvalue weighted by Gasteiger charge is 2.14. The number of nitrogens with zero attached hydrogens (tertiary/aromatic N) is 3. The van der Waals surface area contributed by atoms with Gasteiger partial charge in [-0.1, -0.05) is 5.21 Å². The van der Waals surface area contributed by atoms with Gasteiger partial charge in [-0.2, -0.15) is 5.21 Å². The normalized spacial score (nSPS) is 12.5. The first kappa shape index (κ1) is 11.4. The van der Waals surface area contributed by atoms with Crippen LogP contribution in [0.25, 0.3) is 10.9 Å². The highest BCUT2D eigenvalue weighted by Crippen LogP contribution is 2.15. The third kappa shape index (κ3) is 2.17. The maximum Gasteiger partial charge on any atom is 0.251 e. The molecule has 3 N–H and O–H groups in total. The number of carbonyl (C=O) groups excluding carboxylic acids is 1. The average molecular weight is 256 g/mol. The van der Waals surface area contributed by atoms with Crippen LogP contribution >= 0.6 is 0 Å². The molecule has 1 aromatic carbocycles. The molecule has 3 rings (SSSR count). The number of nitrogens with one attached hydrogen (secondary N) is 3. The smallest absolute Gasteiger partial charge is 0.251 e. The lowest BCUT2D eigenvalue weighted by Gasteiger charge is -2.09. The number of hydrogen-bond donors (Lipinski definition) is 3. The molecular weight excluding hydrogens is 244 g/mol. The summed E-state index contributed by atoms with van der Waals surface area (Å²) in [4.78, 5) is 15.2. The van der Waals surface area contributed by atoms with E-state index < -0.39 is 0 Å². The largest absolute Gasteiger partial charge is 0.361 e. The van der Waals surface area contributed by atoms with Gasteiger partial charge in [0.25, 0.3) is 5.91 Å². The van der Waals surface area contributed by atoms with Crippen molar-refractivity contribution in [3.8, 4) is 0 Å². The van der Waals surface area contributed by atoms with Crippen LogP contribution in [-0.4, -0.2) is 31.5 Å². The van der Waals surface area contributed by atoms with Crippen LogP contribution < -0.4 is 5.32 Å². The maximum atomic E-state index is 12.1. The summed E-state index contributed by atoms with van der Waals surface area (Å²) in [5.74, 6) is 0.288. The molecule has 0 aliphatic heterocycles. The summed E-state index contributed by atoms with van der Waals surface area (Å²) in [6, 6.07) is 7.12. The number of aromatic amines is 2. The van der Waals surface area contributed by atoms with Gasteiger partial charge >= 0.3 is 0 Å². The number of fused-ring (bicyclic) bond motifs is 1. The Kier molecular flexibility index (Phi) is 2.71. The maximum absolute atomic E-state index is 12.1. The van der Waals surface area contributed by atoms with Gasteiger partial charge in [-0.05, 0) is 31.2 Å². The number of carbonyl (C=O) groups is 1. The zero-order valence-corrected chi connectivity index (χ0v) is 10.2. The molecule has 0 bridgehead atoms. The van der Waals surface area contributed by atoms with Crippen molar-refractivity contribution in [1.82, 2.24) is 30.9 Å². The van der Waals surface area contributed by atoms with Crippen LogP contribution in [0.5, 0.6) is 0 Å². The molecule has 0 saturated carbocycles. The molecule has 0 fully saturated rings. The summed E-state index contributed by atoms with van der Waals surface area (Å²) in [5.41, 5.74) is 1.60. The molecule has 2 heterocycles. The minimum absolute atomic E-state index is 0.166. The van der Waals surface area contributed by atoms with Crippen molar-refractivity contribution in [3.05, 3.63) is 41.9 Å². The molecule has 0 radical (unpaired) electrons. The molecule has 7 heteroatoms. The van der Waals surface area contributed by atoms with Crippen LogP contribution in [0.3, 0.4) is 0 Å². The van der Waals surface area contributed by atoms with Gasteiger partial charge in [0.05, 0.1) is 6.04 Å². The van der Waals surface area contributed by atoms with Gasteiger partial charge in [0.2, 0.25) is 0 Å². The third-order valence-electron chi connectivity index (χ3n) is 2.91. The van der Waals surface area contributed by atoms with Crippen LogP contribution in [0.2, 0.25) is 0 Å². The fraction of sp³-hybridized carbons (Fsp3) is 0.167. The summed E-state index contributed by atoms with van der Waals surface area (Å²) in [6.07, 6.45) is 1.84. The first-order valence-electron chi connectivity index (χ1n) is 5.85. The Morgan fingerprint density at radius 1 is 1.37 bits per heavy atom. The average Bonchev–Trinajstić information content (AvgIpc) is 3.09. The molecule has 0 aliphatic carbocycles. The Hall–Kier alpha value is -2.70. The lowest BCUT2D eigenvalue weighted by atomic mass is 10.1. The molecule has 96 valence electrons. The number of rotatable bonds is 3. The van der Waals surface area contributed by atoms with Gasteiger partial charge in [0.1, 0.15) is 0 Å². The van der Waals surface area contributed by atoms with Crippen LogP contribution in [0.4, 0.5) is 0 Å². The van der Waals surface area contributed by atoms with Crippen molar-refractivity contribution in [1.29, 1.82) is 0 Å². The molecule has 1 atom stereocenters. The van der Waals surface area contributed by atoms with Gasteiger partial charge < -0.3 is 10.3 Å². The molecule has 0 aliphatic rings. The number of benzene rings is 1. The zero-order chi connectivity index (χ0) is 13.2. The Morgan fingerprint density at radius 2 is 2.26 bits per heavy atom. The Balaban J connectivity index is 1.79. The predicted octanol–water partition coefficient (Wildman–Crippen LogP) is 1.17. The summed E-state index contributed by atoms with van der Waals surface area (Å²) in [7, 11) is 0. The van der Waals surface area contributed by atoms with Gasteiger partial charge in [-0.3, -0.25) is 4.79 Å². The highest BCUT2D eigenvalue weighted by atomic mass is 16.1. The van der Waals surface area contributed by atoms with Crippen LogP contribution in [0, 0.1) is 0 Å². The summed E-state index contributed by atoms with van der Waals surface area (Å²) >= 11 is 0. The molecule has 3 aromatic rings. The van der Waals surface area contributed by atoms with E-state index >= 15 is 0 Å². The molecule has 7 nitrogen and oxygen atoms in total. The minimum Gasteiger partial charge on any atom is -0.361 e. The molecular formula is C12H12N6O. The van der Waals surface area contributed by atoms with E-state index in [-0.39, 0.29) is 11.9 Å². The Morgan fingerprint density at radius 3 is 3.05 bits per heavy atom. The van der Waals surface area contributed by atoms with E-state index in [2.05, 4.69) is 30.9 Å². The summed E-state index contributed by atoms with van der Waals surface area (Å²) in [5, 5.41) is 17.3. The van der Waals surface area contributed by atoms with Crippen molar-refractivity contribution < 1.29 is 4.79 Å². The second-order valence-corrected chi connectivity index (χ2v) is 4.24. The predicted molar refractivity (Wildman–Crippen MR) is 68.4 cm³/mol. The van der Waals surface area contributed by atoms with Crippen LogP contribution in [0.15, 0.2) is 30.5 Å². The van der Waals surface area contributed by atoms with Gasteiger partial charge in [-0.25, -0.2) is 0 Å². The molecule has 0 spiro atoms. The topological polar surface area (TPSA) is 99.4 Å². The second kappa shape index (κ2) is 4.52. The Bertz CT molecular complexity index is 702. The number of amides is 1.